The van der Waals surface area contributed by atoms with Gasteiger partial charge in [-0.1, -0.05) is 19.0 Å². The smallest absolute Gasteiger partial charge is 0.422 e. The van der Waals surface area contributed by atoms with E-state index in [2.05, 4.69) is 33.7 Å². The fourth-order valence-corrected chi connectivity index (χ4v) is 2.79. The molecule has 2 aromatic heterocycles. The molecule has 3 heterocycles. The van der Waals surface area contributed by atoms with E-state index in [1.54, 1.807) is 6.07 Å². The molecule has 1 aliphatic rings. The van der Waals surface area contributed by atoms with Crippen LogP contribution in [-0.2, 0) is 4.74 Å². The summed E-state index contributed by atoms with van der Waals surface area (Å²) in [5.41, 5.74) is 0.460. The van der Waals surface area contributed by atoms with Crippen molar-refractivity contribution in [1.82, 2.24) is 15.1 Å². The highest BCUT2D eigenvalue weighted by Gasteiger charge is 2.36. The molecule has 1 saturated heterocycles. The zero-order valence-corrected chi connectivity index (χ0v) is 13.8. The quantitative estimate of drug-likeness (QED) is 0.810. The number of ether oxygens (including phenoxy) is 2. The van der Waals surface area contributed by atoms with Crippen molar-refractivity contribution in [3.05, 3.63) is 24.2 Å². The lowest BCUT2D eigenvalue weighted by Crippen LogP contribution is -2.19. The lowest BCUT2D eigenvalue weighted by molar-refractivity contribution is -0.154. The highest BCUT2D eigenvalue weighted by Crippen LogP contribution is 2.38. The molecule has 2 aromatic rings. The second-order valence-corrected chi connectivity index (χ2v) is 6.23. The van der Waals surface area contributed by atoms with E-state index in [-0.39, 0.29) is 23.7 Å². The van der Waals surface area contributed by atoms with Crippen LogP contribution >= 0.6 is 0 Å². The van der Waals surface area contributed by atoms with Crippen molar-refractivity contribution in [2.75, 3.05) is 13.2 Å². The number of aromatic nitrogens is 3. The predicted molar refractivity (Wildman–Crippen MR) is 80.7 cm³/mol. The van der Waals surface area contributed by atoms with E-state index in [4.69, 9.17) is 9.26 Å². The number of halogens is 3. The minimum Gasteiger partial charge on any atom is -0.468 e. The van der Waals surface area contributed by atoms with Crippen molar-refractivity contribution in [3.8, 4) is 17.3 Å². The fraction of sp³-hybridized carbons (Fsp3) is 0.562. The van der Waals surface area contributed by atoms with E-state index in [1.807, 2.05) is 0 Å². The molecule has 0 aliphatic carbocycles. The summed E-state index contributed by atoms with van der Waals surface area (Å²) in [6, 6.07) is 2.92. The Kier molecular flexibility index (Phi) is 4.94. The fourth-order valence-electron chi connectivity index (χ4n) is 2.79. The molecule has 9 heteroatoms. The summed E-state index contributed by atoms with van der Waals surface area (Å²) in [5.74, 6) is 1.17. The lowest BCUT2D eigenvalue weighted by atomic mass is 9.89. The van der Waals surface area contributed by atoms with Gasteiger partial charge in [0.2, 0.25) is 11.7 Å². The normalized spacial score (nSPS) is 21.0. The van der Waals surface area contributed by atoms with Crippen molar-refractivity contribution in [1.29, 1.82) is 0 Å². The molecule has 0 saturated carbocycles. The maximum atomic E-state index is 12.2. The summed E-state index contributed by atoms with van der Waals surface area (Å²) in [6.07, 6.45) is -2.43. The summed E-state index contributed by atoms with van der Waals surface area (Å²) in [4.78, 5) is 8.09. The van der Waals surface area contributed by atoms with Crippen LogP contribution in [-0.4, -0.2) is 34.5 Å². The van der Waals surface area contributed by atoms with Crippen molar-refractivity contribution in [2.24, 2.45) is 11.8 Å². The molecular formula is C16H18F3N3O3. The molecule has 1 aliphatic heterocycles. The molecule has 6 nitrogen and oxygen atoms in total. The van der Waals surface area contributed by atoms with Gasteiger partial charge in [0, 0.05) is 24.4 Å². The average molecular weight is 357 g/mol. The average Bonchev–Trinajstić information content (AvgIpc) is 3.21. The first-order valence-electron chi connectivity index (χ1n) is 7.94. The van der Waals surface area contributed by atoms with Crippen molar-refractivity contribution < 1.29 is 27.2 Å². The molecule has 0 N–H and O–H groups in total. The van der Waals surface area contributed by atoms with Gasteiger partial charge in [-0.2, -0.15) is 18.2 Å². The number of pyridine rings is 1. The van der Waals surface area contributed by atoms with Crippen molar-refractivity contribution in [3.63, 3.8) is 0 Å². The van der Waals surface area contributed by atoms with Gasteiger partial charge in [0.25, 0.3) is 5.89 Å². The Balaban J connectivity index is 1.76. The summed E-state index contributed by atoms with van der Waals surface area (Å²) in [7, 11) is 0. The Bertz CT molecular complexity index is 718. The molecule has 136 valence electrons. The highest BCUT2D eigenvalue weighted by atomic mass is 19.4. The number of rotatable bonds is 5. The van der Waals surface area contributed by atoms with Crippen LogP contribution in [0.2, 0.25) is 0 Å². The first-order chi connectivity index (χ1) is 11.8. The third kappa shape index (κ3) is 4.28. The van der Waals surface area contributed by atoms with Gasteiger partial charge in [-0.3, -0.25) is 0 Å². The Morgan fingerprint density at radius 2 is 2.16 bits per heavy atom. The number of alkyl halides is 3. The van der Waals surface area contributed by atoms with Crippen molar-refractivity contribution in [2.45, 2.75) is 32.5 Å². The maximum absolute atomic E-state index is 12.2. The third-order valence-electron chi connectivity index (χ3n) is 4.06. The SMILES string of the molecule is CC(C)[C@@H]1CCO[C@@H]1c1nc(-c2ccnc(OCC(F)(F)F)c2)no1. The topological polar surface area (TPSA) is 70.3 Å². The van der Waals surface area contributed by atoms with Crippen LogP contribution in [0.15, 0.2) is 22.9 Å². The molecular weight excluding hydrogens is 339 g/mol. The first-order valence-corrected chi connectivity index (χ1v) is 7.94. The Labute approximate surface area is 142 Å². The first kappa shape index (κ1) is 17.7. The van der Waals surface area contributed by atoms with Gasteiger partial charge < -0.3 is 14.0 Å². The van der Waals surface area contributed by atoms with Crippen molar-refractivity contribution >= 4 is 0 Å². The molecule has 0 aromatic carbocycles. The summed E-state index contributed by atoms with van der Waals surface area (Å²) in [5, 5.41) is 3.90. The van der Waals surface area contributed by atoms with Crippen LogP contribution in [0.4, 0.5) is 13.2 Å². The van der Waals surface area contributed by atoms with Gasteiger partial charge in [0.15, 0.2) is 6.61 Å². The Hall–Kier alpha value is -2.16. The van der Waals surface area contributed by atoms with Crippen LogP contribution in [0.25, 0.3) is 11.4 Å². The molecule has 1 fully saturated rings. The molecule has 0 spiro atoms. The Morgan fingerprint density at radius 1 is 1.36 bits per heavy atom. The number of nitrogens with zero attached hydrogens (tertiary/aromatic N) is 3. The van der Waals surface area contributed by atoms with E-state index < -0.39 is 12.8 Å². The summed E-state index contributed by atoms with van der Waals surface area (Å²) in [6.45, 7) is 3.44. The van der Waals surface area contributed by atoms with Crippen LogP contribution in [0.5, 0.6) is 5.88 Å². The second-order valence-electron chi connectivity index (χ2n) is 6.23. The van der Waals surface area contributed by atoms with Gasteiger partial charge in [-0.25, -0.2) is 4.98 Å². The minimum atomic E-state index is -4.43. The van der Waals surface area contributed by atoms with E-state index in [0.29, 0.717) is 24.0 Å². The molecule has 3 rings (SSSR count). The standard InChI is InChI=1S/C16H18F3N3O3/c1-9(2)11-4-6-23-13(11)15-21-14(22-25-15)10-3-5-20-12(7-10)24-8-16(17,18)19/h3,5,7,9,11,13H,4,6,8H2,1-2H3/t11-,13-/m0/s1. The minimum absolute atomic E-state index is 0.154. The zero-order chi connectivity index (χ0) is 18.0. The Morgan fingerprint density at radius 3 is 2.88 bits per heavy atom. The summed E-state index contributed by atoms with van der Waals surface area (Å²) < 4.78 is 52.4. The van der Waals surface area contributed by atoms with Gasteiger partial charge in [0.05, 0.1) is 0 Å². The third-order valence-corrected chi connectivity index (χ3v) is 4.06. The molecule has 2 atom stereocenters. The number of hydrogen-bond acceptors (Lipinski definition) is 6. The van der Waals surface area contributed by atoms with E-state index in [1.165, 1.54) is 12.3 Å². The van der Waals surface area contributed by atoms with Gasteiger partial charge in [-0.15, -0.1) is 0 Å². The predicted octanol–water partition coefficient (Wildman–Crippen LogP) is 3.81. The summed E-state index contributed by atoms with van der Waals surface area (Å²) >= 11 is 0. The van der Waals surface area contributed by atoms with E-state index in [9.17, 15) is 13.2 Å². The van der Waals surface area contributed by atoms with E-state index >= 15 is 0 Å². The molecule has 0 amide bonds. The van der Waals surface area contributed by atoms with Crippen LogP contribution in [0, 0.1) is 11.8 Å². The van der Waals surface area contributed by atoms with Gasteiger partial charge in [0.1, 0.15) is 6.10 Å². The largest absolute Gasteiger partial charge is 0.468 e. The molecule has 0 radical (unpaired) electrons. The van der Waals surface area contributed by atoms with Crippen LogP contribution in [0.1, 0.15) is 32.3 Å². The van der Waals surface area contributed by atoms with Crippen LogP contribution in [0.3, 0.4) is 0 Å². The number of hydrogen-bond donors (Lipinski definition) is 0. The van der Waals surface area contributed by atoms with Crippen LogP contribution < -0.4 is 4.74 Å². The highest BCUT2D eigenvalue weighted by molar-refractivity contribution is 5.55. The maximum Gasteiger partial charge on any atom is 0.422 e. The lowest BCUT2D eigenvalue weighted by Gasteiger charge is -2.18. The monoisotopic (exact) mass is 357 g/mol. The van der Waals surface area contributed by atoms with Gasteiger partial charge >= 0.3 is 6.18 Å². The zero-order valence-electron chi connectivity index (χ0n) is 13.8. The van der Waals surface area contributed by atoms with Gasteiger partial charge in [-0.05, 0) is 24.3 Å². The molecule has 0 bridgehead atoms. The second kappa shape index (κ2) is 6.99. The molecule has 0 unspecified atom stereocenters. The molecule has 25 heavy (non-hydrogen) atoms. The van der Waals surface area contributed by atoms with E-state index in [0.717, 1.165) is 6.42 Å².